The van der Waals surface area contributed by atoms with Crippen LogP contribution in [0, 0.1) is 0 Å². The van der Waals surface area contributed by atoms with Crippen molar-refractivity contribution in [3.63, 3.8) is 0 Å². The molecule has 0 fully saturated rings. The molecule has 1 aliphatic rings. The van der Waals surface area contributed by atoms with Crippen molar-refractivity contribution in [3.8, 4) is 0 Å². The van der Waals surface area contributed by atoms with Crippen LogP contribution < -0.4 is 10.6 Å². The zero-order valence-electron chi connectivity index (χ0n) is 14.3. The Morgan fingerprint density at radius 2 is 2.39 bits per heavy atom. The number of aromatic nitrogens is 3. The molecule has 0 saturated carbocycles. The highest BCUT2D eigenvalue weighted by Crippen LogP contribution is 2.13. The summed E-state index contributed by atoms with van der Waals surface area (Å²) in [6.45, 7) is 5.11. The molecule has 23 heavy (non-hydrogen) atoms. The maximum atomic E-state index is 5.11. The van der Waals surface area contributed by atoms with Gasteiger partial charge in [-0.05, 0) is 31.8 Å². The molecule has 2 heterocycles. The molecule has 0 amide bonds. The largest absolute Gasteiger partial charge is 0.377 e. The number of rotatable bonds is 8. The lowest BCUT2D eigenvalue weighted by Gasteiger charge is -2.25. The number of nitrogens with one attached hydrogen (secondary N) is 2. The van der Waals surface area contributed by atoms with E-state index in [0.717, 1.165) is 62.3 Å². The van der Waals surface area contributed by atoms with E-state index in [1.807, 2.05) is 16.4 Å². The second-order valence-corrected chi connectivity index (χ2v) is 6.53. The summed E-state index contributed by atoms with van der Waals surface area (Å²) in [5.41, 5.74) is 0. The molecule has 0 spiro atoms. The number of methoxy groups -OCH3 is 1. The van der Waals surface area contributed by atoms with E-state index in [9.17, 15) is 0 Å². The summed E-state index contributed by atoms with van der Waals surface area (Å²) >= 11 is 1.86. The van der Waals surface area contributed by atoms with Crippen molar-refractivity contribution in [2.75, 3.05) is 32.2 Å². The van der Waals surface area contributed by atoms with Crippen LogP contribution in [0.15, 0.2) is 4.99 Å². The Morgan fingerprint density at radius 1 is 1.52 bits per heavy atom. The molecular weight excluding hydrogens is 312 g/mol. The van der Waals surface area contributed by atoms with Gasteiger partial charge in [0.25, 0.3) is 0 Å². The molecule has 0 bridgehead atoms. The van der Waals surface area contributed by atoms with Crippen LogP contribution in [-0.2, 0) is 24.3 Å². The van der Waals surface area contributed by atoms with Crippen LogP contribution in [0.4, 0.5) is 0 Å². The molecule has 1 aromatic heterocycles. The Bertz CT molecular complexity index is 504. The Labute approximate surface area is 142 Å². The van der Waals surface area contributed by atoms with Crippen molar-refractivity contribution in [2.45, 2.75) is 45.4 Å². The van der Waals surface area contributed by atoms with Gasteiger partial charge in [0.15, 0.2) is 11.8 Å². The van der Waals surface area contributed by atoms with Gasteiger partial charge in [0.05, 0.1) is 6.54 Å². The van der Waals surface area contributed by atoms with Gasteiger partial charge in [0.2, 0.25) is 0 Å². The van der Waals surface area contributed by atoms with E-state index >= 15 is 0 Å². The van der Waals surface area contributed by atoms with Crippen LogP contribution in [0.1, 0.15) is 31.4 Å². The fourth-order valence-electron chi connectivity index (χ4n) is 2.58. The Morgan fingerprint density at radius 3 is 3.13 bits per heavy atom. The number of guanidine groups is 1. The van der Waals surface area contributed by atoms with Crippen molar-refractivity contribution in [3.05, 3.63) is 11.6 Å². The van der Waals surface area contributed by atoms with Gasteiger partial charge < -0.3 is 15.4 Å². The van der Waals surface area contributed by atoms with Crippen LogP contribution in [-0.4, -0.2) is 59.0 Å². The molecule has 1 aromatic rings. The molecule has 1 unspecified atom stereocenters. The maximum absolute atomic E-state index is 5.11. The highest BCUT2D eigenvalue weighted by atomic mass is 32.2. The van der Waals surface area contributed by atoms with E-state index in [1.54, 1.807) is 7.11 Å². The molecule has 1 atom stereocenters. The lowest BCUT2D eigenvalue weighted by atomic mass is 10.1. The SMILES string of the molecule is CCNC(=NCCCSC)NC1CCc2nc(COC)nn2C1. The van der Waals surface area contributed by atoms with Gasteiger partial charge in [-0.25, -0.2) is 9.67 Å². The first-order valence-electron chi connectivity index (χ1n) is 8.22. The summed E-state index contributed by atoms with van der Waals surface area (Å²) in [7, 11) is 1.67. The zero-order valence-corrected chi connectivity index (χ0v) is 15.2. The predicted molar refractivity (Wildman–Crippen MR) is 95.0 cm³/mol. The number of hydrogen-bond donors (Lipinski definition) is 2. The molecule has 0 aromatic carbocycles. The number of aliphatic imine (C=N–C) groups is 1. The van der Waals surface area contributed by atoms with Crippen molar-refractivity contribution < 1.29 is 4.74 Å². The van der Waals surface area contributed by atoms with Crippen LogP contribution in [0.2, 0.25) is 0 Å². The third-order valence-electron chi connectivity index (χ3n) is 3.64. The number of hydrogen-bond acceptors (Lipinski definition) is 5. The third kappa shape index (κ3) is 5.69. The maximum Gasteiger partial charge on any atom is 0.191 e. The number of aryl methyl sites for hydroxylation is 1. The number of nitrogens with zero attached hydrogens (tertiary/aromatic N) is 4. The molecule has 7 nitrogen and oxygen atoms in total. The summed E-state index contributed by atoms with van der Waals surface area (Å²) in [6.07, 6.45) is 5.21. The minimum absolute atomic E-state index is 0.331. The molecule has 2 N–H and O–H groups in total. The first kappa shape index (κ1) is 18.1. The molecule has 8 heteroatoms. The quantitative estimate of drug-likeness (QED) is 0.418. The second kappa shape index (κ2) is 9.77. The van der Waals surface area contributed by atoms with Crippen molar-refractivity contribution in [2.24, 2.45) is 4.99 Å². The standard InChI is InChI=1S/C15H28N6OS/c1-4-16-15(17-8-5-9-23-3)18-12-6-7-14-19-13(11-22-2)20-21(14)10-12/h12H,4-11H2,1-3H3,(H2,16,17,18). The number of ether oxygens (including phenoxy) is 1. The highest BCUT2D eigenvalue weighted by molar-refractivity contribution is 7.98. The lowest BCUT2D eigenvalue weighted by Crippen LogP contribution is -2.47. The van der Waals surface area contributed by atoms with Gasteiger partial charge in [-0.1, -0.05) is 0 Å². The van der Waals surface area contributed by atoms with Gasteiger partial charge in [0.1, 0.15) is 12.4 Å². The monoisotopic (exact) mass is 340 g/mol. The summed E-state index contributed by atoms with van der Waals surface area (Å²) in [5, 5.41) is 11.4. The van der Waals surface area contributed by atoms with Crippen LogP contribution in [0.5, 0.6) is 0 Å². The van der Waals surface area contributed by atoms with Gasteiger partial charge in [0, 0.05) is 32.7 Å². The number of fused-ring (bicyclic) bond motifs is 1. The van der Waals surface area contributed by atoms with Crippen molar-refractivity contribution in [1.29, 1.82) is 0 Å². The minimum atomic E-state index is 0.331. The van der Waals surface area contributed by atoms with E-state index in [-0.39, 0.29) is 0 Å². The Kier molecular flexibility index (Phi) is 7.67. The molecule has 1 aliphatic heterocycles. The zero-order chi connectivity index (χ0) is 16.5. The molecule has 2 rings (SSSR count). The van der Waals surface area contributed by atoms with E-state index in [2.05, 4.69) is 38.9 Å². The first-order valence-corrected chi connectivity index (χ1v) is 9.61. The summed E-state index contributed by atoms with van der Waals surface area (Å²) < 4.78 is 7.10. The average molecular weight is 340 g/mol. The third-order valence-corrected chi connectivity index (χ3v) is 4.33. The topological polar surface area (TPSA) is 76.4 Å². The highest BCUT2D eigenvalue weighted by Gasteiger charge is 2.22. The normalized spacial score (nSPS) is 17.9. The van der Waals surface area contributed by atoms with Gasteiger partial charge in [-0.15, -0.1) is 0 Å². The predicted octanol–water partition coefficient (Wildman–Crippen LogP) is 1.05. The molecule has 0 radical (unpaired) electrons. The van der Waals surface area contributed by atoms with E-state index in [1.165, 1.54) is 0 Å². The number of thioether (sulfide) groups is 1. The summed E-state index contributed by atoms with van der Waals surface area (Å²) in [6, 6.07) is 0.331. The van der Waals surface area contributed by atoms with Crippen LogP contribution >= 0.6 is 11.8 Å². The van der Waals surface area contributed by atoms with E-state index in [4.69, 9.17) is 4.74 Å². The molecule has 0 saturated heterocycles. The fraction of sp³-hybridized carbons (Fsp3) is 0.800. The van der Waals surface area contributed by atoms with E-state index < -0.39 is 0 Å². The summed E-state index contributed by atoms with van der Waals surface area (Å²) in [5.74, 6) is 3.87. The Balaban J connectivity index is 1.90. The van der Waals surface area contributed by atoms with Crippen molar-refractivity contribution >= 4 is 17.7 Å². The fourth-order valence-corrected chi connectivity index (χ4v) is 3.00. The van der Waals surface area contributed by atoms with Gasteiger partial charge in [-0.3, -0.25) is 4.99 Å². The minimum Gasteiger partial charge on any atom is -0.377 e. The van der Waals surface area contributed by atoms with E-state index in [0.29, 0.717) is 12.6 Å². The van der Waals surface area contributed by atoms with Gasteiger partial charge >= 0.3 is 0 Å². The molecule has 0 aliphatic carbocycles. The van der Waals surface area contributed by atoms with Crippen LogP contribution in [0.25, 0.3) is 0 Å². The Hall–Kier alpha value is -1.28. The van der Waals surface area contributed by atoms with Crippen LogP contribution in [0.3, 0.4) is 0 Å². The summed E-state index contributed by atoms with van der Waals surface area (Å²) in [4.78, 5) is 9.16. The lowest BCUT2D eigenvalue weighted by molar-refractivity contribution is 0.177. The average Bonchev–Trinajstić information content (AvgIpc) is 2.93. The molecule has 130 valence electrons. The second-order valence-electron chi connectivity index (χ2n) is 5.55. The first-order chi connectivity index (χ1) is 11.3. The van der Waals surface area contributed by atoms with Gasteiger partial charge in [-0.2, -0.15) is 16.9 Å². The molecular formula is C15H28N6OS. The van der Waals surface area contributed by atoms with Crippen molar-refractivity contribution in [1.82, 2.24) is 25.4 Å². The smallest absolute Gasteiger partial charge is 0.191 e.